The predicted molar refractivity (Wildman–Crippen MR) is 101 cm³/mol. The van der Waals surface area contributed by atoms with Gasteiger partial charge in [0.1, 0.15) is 6.61 Å². The monoisotopic (exact) mass is 417 g/mol. The van der Waals surface area contributed by atoms with Crippen LogP contribution in [0.1, 0.15) is 33.6 Å². The molecule has 0 spiro atoms. The van der Waals surface area contributed by atoms with Gasteiger partial charge in [0, 0.05) is 25.1 Å². The van der Waals surface area contributed by atoms with Gasteiger partial charge in [0.2, 0.25) is 5.78 Å². The molecule has 2 heterocycles. The van der Waals surface area contributed by atoms with Crippen molar-refractivity contribution in [2.24, 2.45) is 5.92 Å². The van der Waals surface area contributed by atoms with Gasteiger partial charge < -0.3 is 24.6 Å². The SMILES string of the molecule is CC(Cl)[C@@]1(O)C[C@@H](C)[C@@](C)(O)C(=O)OC/C2=C/CN(C)CC[C@@H](OC1=O)C2=O. The second-order valence-electron chi connectivity index (χ2n) is 7.91. The Morgan fingerprint density at radius 3 is 2.54 bits per heavy atom. The van der Waals surface area contributed by atoms with Gasteiger partial charge in [-0.15, -0.1) is 11.6 Å². The number of rotatable bonds is 1. The molecular formula is C19H28ClNO7. The smallest absolute Gasteiger partial charge is 0.340 e. The maximum atomic E-state index is 12.8. The second-order valence-corrected chi connectivity index (χ2v) is 8.56. The van der Waals surface area contributed by atoms with Crippen molar-refractivity contribution < 1.29 is 34.1 Å². The number of carbonyl (C=O) groups excluding carboxylic acids is 3. The lowest BCUT2D eigenvalue weighted by Gasteiger charge is -2.37. The number of alkyl halides is 1. The van der Waals surface area contributed by atoms with Crippen molar-refractivity contribution in [1.29, 1.82) is 0 Å². The number of hydrogen-bond donors (Lipinski definition) is 2. The number of hydrogen-bond acceptors (Lipinski definition) is 8. The molecule has 8 nitrogen and oxygen atoms in total. The van der Waals surface area contributed by atoms with Crippen LogP contribution in [0.2, 0.25) is 0 Å². The summed E-state index contributed by atoms with van der Waals surface area (Å²) in [7, 11) is 1.83. The van der Waals surface area contributed by atoms with Gasteiger partial charge in [-0.1, -0.05) is 13.0 Å². The lowest BCUT2D eigenvalue weighted by molar-refractivity contribution is -0.183. The highest BCUT2D eigenvalue weighted by Crippen LogP contribution is 2.33. The molecule has 0 amide bonds. The largest absolute Gasteiger partial charge is 0.459 e. The van der Waals surface area contributed by atoms with Crippen LogP contribution in [0, 0.1) is 5.92 Å². The van der Waals surface area contributed by atoms with E-state index in [4.69, 9.17) is 21.1 Å². The summed E-state index contributed by atoms with van der Waals surface area (Å²) < 4.78 is 10.6. The van der Waals surface area contributed by atoms with Gasteiger partial charge in [-0.3, -0.25) is 4.79 Å². The van der Waals surface area contributed by atoms with Crippen molar-refractivity contribution in [3.63, 3.8) is 0 Å². The fourth-order valence-electron chi connectivity index (χ4n) is 3.17. The molecule has 1 saturated heterocycles. The first-order valence-corrected chi connectivity index (χ1v) is 9.72. The van der Waals surface area contributed by atoms with Crippen molar-refractivity contribution in [1.82, 2.24) is 4.90 Å². The van der Waals surface area contributed by atoms with E-state index < -0.39 is 46.3 Å². The van der Waals surface area contributed by atoms with Crippen molar-refractivity contribution >= 4 is 29.3 Å². The fraction of sp³-hybridized carbons (Fsp3) is 0.737. The number of ether oxygens (including phenoxy) is 2. The van der Waals surface area contributed by atoms with Crippen LogP contribution in [0.4, 0.5) is 0 Å². The van der Waals surface area contributed by atoms with E-state index in [9.17, 15) is 24.6 Å². The Morgan fingerprint density at radius 2 is 1.93 bits per heavy atom. The number of fused-ring (bicyclic) bond motifs is 2. The quantitative estimate of drug-likeness (QED) is 0.466. The van der Waals surface area contributed by atoms with E-state index >= 15 is 0 Å². The molecule has 2 aliphatic heterocycles. The summed E-state index contributed by atoms with van der Waals surface area (Å²) in [5.41, 5.74) is -4.02. The zero-order valence-electron chi connectivity index (χ0n) is 16.6. The lowest BCUT2D eigenvalue weighted by Crippen LogP contribution is -2.54. The Morgan fingerprint density at radius 1 is 1.29 bits per heavy atom. The van der Waals surface area contributed by atoms with Crippen LogP contribution in [0.15, 0.2) is 11.6 Å². The highest BCUT2D eigenvalue weighted by molar-refractivity contribution is 6.23. The first-order valence-electron chi connectivity index (χ1n) is 9.28. The van der Waals surface area contributed by atoms with Crippen molar-refractivity contribution in [2.75, 3.05) is 26.7 Å². The van der Waals surface area contributed by atoms with E-state index in [0.717, 1.165) is 0 Å². The number of carbonyl (C=O) groups is 3. The number of ketones is 1. The Bertz CT molecular complexity index is 675. The van der Waals surface area contributed by atoms with E-state index in [1.54, 1.807) is 6.08 Å². The second kappa shape index (κ2) is 8.49. The topological polar surface area (TPSA) is 113 Å². The Balaban J connectivity index is 2.50. The number of Topliss-reactive ketones (excluding diaryl/α,β-unsaturated/α-hetero) is 1. The fourth-order valence-corrected chi connectivity index (χ4v) is 3.35. The maximum absolute atomic E-state index is 12.8. The van der Waals surface area contributed by atoms with Crippen LogP contribution in [-0.2, 0) is 23.9 Å². The van der Waals surface area contributed by atoms with E-state index in [2.05, 4.69) is 0 Å². The summed E-state index contributed by atoms with van der Waals surface area (Å²) in [6.07, 6.45) is 0.363. The minimum absolute atomic E-state index is 0.171. The van der Waals surface area contributed by atoms with Gasteiger partial charge >= 0.3 is 11.9 Å². The first kappa shape index (κ1) is 22.8. The van der Waals surface area contributed by atoms with E-state index in [1.165, 1.54) is 20.8 Å². The molecule has 0 radical (unpaired) electrons. The molecule has 158 valence electrons. The summed E-state index contributed by atoms with van der Waals surface area (Å²) in [5.74, 6) is -3.36. The summed E-state index contributed by atoms with van der Waals surface area (Å²) in [4.78, 5) is 40.0. The average molecular weight is 418 g/mol. The molecule has 0 saturated carbocycles. The molecule has 0 aromatic heterocycles. The maximum Gasteiger partial charge on any atom is 0.340 e. The zero-order chi connectivity index (χ0) is 21.3. The van der Waals surface area contributed by atoms with Gasteiger partial charge in [-0.25, -0.2) is 9.59 Å². The van der Waals surface area contributed by atoms with Crippen molar-refractivity contribution in [2.45, 2.75) is 56.3 Å². The standard InChI is InChI=1S/C19H28ClNO7/c1-11-9-19(26,12(2)20)17(24)28-14-6-8-21(4)7-5-13(15(14)22)10-27-16(23)18(11,3)25/h5,11-12,14,25-26H,6-10H2,1-4H3/b13-5-/t11-,12?,14-,18-,19+/m1/s1. The summed E-state index contributed by atoms with van der Waals surface area (Å²) in [6.45, 7) is 4.76. The minimum Gasteiger partial charge on any atom is -0.459 e. The molecule has 1 fully saturated rings. The zero-order valence-corrected chi connectivity index (χ0v) is 17.4. The van der Waals surface area contributed by atoms with Crippen LogP contribution in [0.3, 0.4) is 0 Å². The van der Waals surface area contributed by atoms with Crippen molar-refractivity contribution in [3.8, 4) is 0 Å². The minimum atomic E-state index is -2.19. The third-order valence-corrected chi connectivity index (χ3v) is 6.00. The van der Waals surface area contributed by atoms with E-state index in [1.807, 2.05) is 11.9 Å². The number of likely N-dealkylation sites (N-methyl/N-ethyl adjacent to an activating group) is 1. The molecule has 2 rings (SSSR count). The molecular weight excluding hydrogens is 390 g/mol. The molecule has 0 aliphatic carbocycles. The van der Waals surface area contributed by atoms with Crippen LogP contribution in [0.25, 0.3) is 0 Å². The number of halogens is 1. The first-order chi connectivity index (χ1) is 12.9. The summed E-state index contributed by atoms with van der Waals surface area (Å²) in [6, 6.07) is 0. The highest BCUT2D eigenvalue weighted by atomic mass is 35.5. The summed E-state index contributed by atoms with van der Waals surface area (Å²) >= 11 is 6.08. The van der Waals surface area contributed by atoms with Crippen molar-refractivity contribution in [3.05, 3.63) is 11.6 Å². The third kappa shape index (κ3) is 4.56. The molecule has 28 heavy (non-hydrogen) atoms. The van der Waals surface area contributed by atoms with Crippen LogP contribution in [0.5, 0.6) is 0 Å². The number of esters is 2. The van der Waals surface area contributed by atoms with E-state index in [-0.39, 0.29) is 25.0 Å². The molecule has 2 bridgehead atoms. The van der Waals surface area contributed by atoms with E-state index in [0.29, 0.717) is 13.1 Å². The van der Waals surface area contributed by atoms with Gasteiger partial charge in [0.05, 0.1) is 5.38 Å². The Kier molecular flexibility index (Phi) is 6.91. The Labute approximate surface area is 169 Å². The number of aliphatic hydroxyl groups is 2. The van der Waals surface area contributed by atoms with Gasteiger partial charge in [0.15, 0.2) is 17.3 Å². The molecule has 0 aromatic carbocycles. The molecule has 0 aromatic rings. The van der Waals surface area contributed by atoms with Gasteiger partial charge in [-0.05, 0) is 33.2 Å². The number of cyclic esters (lactones) is 1. The molecule has 2 N–H and O–H groups in total. The molecule has 9 heteroatoms. The van der Waals surface area contributed by atoms with Crippen LogP contribution < -0.4 is 0 Å². The predicted octanol–water partition coefficient (Wildman–Crippen LogP) is 0.422. The highest BCUT2D eigenvalue weighted by Gasteiger charge is 2.50. The normalized spacial score (nSPS) is 39.2. The lowest BCUT2D eigenvalue weighted by atomic mass is 9.79. The molecule has 5 atom stereocenters. The number of nitrogens with zero attached hydrogens (tertiary/aromatic N) is 1. The Hall–Kier alpha value is -1.48. The summed E-state index contributed by atoms with van der Waals surface area (Å²) in [5, 5.41) is 20.5. The third-order valence-electron chi connectivity index (χ3n) is 5.64. The van der Waals surface area contributed by atoms with Gasteiger partial charge in [-0.2, -0.15) is 0 Å². The van der Waals surface area contributed by atoms with Gasteiger partial charge in [0.25, 0.3) is 0 Å². The molecule has 2 aliphatic rings. The average Bonchev–Trinajstić information content (AvgIpc) is 2.61. The van der Waals surface area contributed by atoms with Crippen LogP contribution >= 0.6 is 11.6 Å². The van der Waals surface area contributed by atoms with Crippen LogP contribution in [-0.4, -0.2) is 82.3 Å². The molecule has 1 unspecified atom stereocenters.